The summed E-state index contributed by atoms with van der Waals surface area (Å²) in [4.78, 5) is 0. The van der Waals surface area contributed by atoms with Crippen LogP contribution >= 0.6 is 0 Å². The third-order valence-corrected chi connectivity index (χ3v) is 3.77. The lowest BCUT2D eigenvalue weighted by Crippen LogP contribution is -2.26. The van der Waals surface area contributed by atoms with Gasteiger partial charge < -0.3 is 20.5 Å². The monoisotopic (exact) mass is 264 g/mol. The Morgan fingerprint density at radius 3 is 2.47 bits per heavy atom. The maximum Gasteiger partial charge on any atom is 0.161 e. The predicted octanol–water partition coefficient (Wildman–Crippen LogP) is 2.01. The molecule has 1 aliphatic rings. The average molecular weight is 264 g/mol. The molecule has 2 unspecified atom stereocenters. The van der Waals surface area contributed by atoms with E-state index >= 15 is 0 Å². The lowest BCUT2D eigenvalue weighted by Gasteiger charge is -2.27. The van der Waals surface area contributed by atoms with Crippen molar-refractivity contribution in [1.29, 1.82) is 0 Å². The van der Waals surface area contributed by atoms with Crippen LogP contribution in [0.5, 0.6) is 11.5 Å². The Kier molecular flexibility index (Phi) is 4.66. The van der Waals surface area contributed by atoms with Gasteiger partial charge in [0, 0.05) is 6.04 Å². The Hall–Kier alpha value is -1.26. The third kappa shape index (κ3) is 3.01. The molecule has 1 aliphatic heterocycles. The second-order valence-corrected chi connectivity index (χ2v) is 5.17. The number of ether oxygens (including phenoxy) is 2. The molecule has 2 rings (SSSR count). The molecule has 0 radical (unpaired) electrons. The molecule has 0 bridgehead atoms. The first-order valence-electron chi connectivity index (χ1n) is 6.94. The van der Waals surface area contributed by atoms with E-state index in [9.17, 15) is 0 Å². The number of hydrogen-bond acceptors (Lipinski definition) is 4. The molecule has 2 atom stereocenters. The van der Waals surface area contributed by atoms with Gasteiger partial charge in [-0.1, -0.05) is 6.92 Å². The van der Waals surface area contributed by atoms with Crippen LogP contribution in [-0.2, 0) is 0 Å². The lowest BCUT2D eigenvalue weighted by molar-refractivity contribution is 0.171. The molecule has 0 saturated carbocycles. The van der Waals surface area contributed by atoms with Crippen LogP contribution in [0.1, 0.15) is 30.5 Å². The van der Waals surface area contributed by atoms with Gasteiger partial charge in [-0.3, -0.25) is 0 Å². The van der Waals surface area contributed by atoms with Gasteiger partial charge in [0.1, 0.15) is 13.2 Å². The number of rotatable bonds is 5. The maximum absolute atomic E-state index is 5.68. The number of aryl methyl sites for hydroxylation is 1. The van der Waals surface area contributed by atoms with Crippen molar-refractivity contribution in [1.82, 2.24) is 5.32 Å². The predicted molar refractivity (Wildman–Crippen MR) is 76.8 cm³/mol. The molecule has 106 valence electrons. The summed E-state index contributed by atoms with van der Waals surface area (Å²) in [6.45, 7) is 6.31. The highest BCUT2D eigenvalue weighted by molar-refractivity contribution is 5.48. The summed E-state index contributed by atoms with van der Waals surface area (Å²) in [5.74, 6) is 2.19. The van der Waals surface area contributed by atoms with Gasteiger partial charge in [-0.2, -0.15) is 0 Å². The zero-order chi connectivity index (χ0) is 13.8. The zero-order valence-electron chi connectivity index (χ0n) is 12.0. The smallest absolute Gasteiger partial charge is 0.161 e. The molecule has 1 aromatic rings. The van der Waals surface area contributed by atoms with Crippen molar-refractivity contribution in [2.24, 2.45) is 11.7 Å². The SMILES string of the molecule is CNC(c1cc2c(cc1C)OCCO2)C(C)CCN. The summed E-state index contributed by atoms with van der Waals surface area (Å²) in [6.07, 6.45) is 0.999. The molecule has 3 N–H and O–H groups in total. The van der Waals surface area contributed by atoms with Gasteiger partial charge in [0.15, 0.2) is 11.5 Å². The first-order valence-corrected chi connectivity index (χ1v) is 6.94. The summed E-state index contributed by atoms with van der Waals surface area (Å²) in [6, 6.07) is 4.47. The summed E-state index contributed by atoms with van der Waals surface area (Å²) >= 11 is 0. The van der Waals surface area contributed by atoms with Gasteiger partial charge in [0.2, 0.25) is 0 Å². The number of hydrogen-bond donors (Lipinski definition) is 2. The van der Waals surface area contributed by atoms with E-state index in [4.69, 9.17) is 15.2 Å². The van der Waals surface area contributed by atoms with Crippen molar-refractivity contribution in [2.45, 2.75) is 26.3 Å². The number of benzene rings is 1. The number of nitrogens with two attached hydrogens (primary N) is 1. The first-order chi connectivity index (χ1) is 9.17. The molecule has 4 heteroatoms. The minimum Gasteiger partial charge on any atom is -0.486 e. The standard InChI is InChI=1S/C15H24N2O2/c1-10(4-5-16)15(17-3)12-9-14-13(8-11(12)2)18-6-7-19-14/h8-10,15,17H,4-7,16H2,1-3H3. The van der Waals surface area contributed by atoms with Gasteiger partial charge in [-0.05, 0) is 56.1 Å². The second kappa shape index (κ2) is 6.26. The molecule has 19 heavy (non-hydrogen) atoms. The summed E-state index contributed by atoms with van der Waals surface area (Å²) in [7, 11) is 1.99. The van der Waals surface area contributed by atoms with Crippen LogP contribution in [-0.4, -0.2) is 26.8 Å². The highest BCUT2D eigenvalue weighted by Gasteiger charge is 2.22. The van der Waals surface area contributed by atoms with Crippen molar-refractivity contribution in [2.75, 3.05) is 26.8 Å². The fourth-order valence-corrected chi connectivity index (χ4v) is 2.72. The van der Waals surface area contributed by atoms with Crippen LogP contribution in [0.4, 0.5) is 0 Å². The van der Waals surface area contributed by atoms with Crippen LogP contribution in [0.15, 0.2) is 12.1 Å². The van der Waals surface area contributed by atoms with Crippen molar-refractivity contribution < 1.29 is 9.47 Å². The van der Waals surface area contributed by atoms with E-state index in [2.05, 4.69) is 31.3 Å². The van der Waals surface area contributed by atoms with Crippen LogP contribution in [0.3, 0.4) is 0 Å². The summed E-state index contributed by atoms with van der Waals surface area (Å²) in [5, 5.41) is 3.40. The second-order valence-electron chi connectivity index (χ2n) is 5.17. The Balaban J connectivity index is 2.31. The quantitative estimate of drug-likeness (QED) is 0.854. The van der Waals surface area contributed by atoms with Crippen molar-refractivity contribution >= 4 is 0 Å². The number of nitrogens with one attached hydrogen (secondary N) is 1. The topological polar surface area (TPSA) is 56.5 Å². The largest absolute Gasteiger partial charge is 0.486 e. The molecule has 0 aromatic heterocycles. The van der Waals surface area contributed by atoms with Gasteiger partial charge in [0.25, 0.3) is 0 Å². The molecule has 0 spiro atoms. The van der Waals surface area contributed by atoms with Gasteiger partial charge >= 0.3 is 0 Å². The van der Waals surface area contributed by atoms with Crippen LogP contribution in [0.25, 0.3) is 0 Å². The molecule has 0 aliphatic carbocycles. The van der Waals surface area contributed by atoms with Crippen molar-refractivity contribution in [3.63, 3.8) is 0 Å². The van der Waals surface area contributed by atoms with E-state index in [1.807, 2.05) is 7.05 Å². The summed E-state index contributed by atoms with van der Waals surface area (Å²) in [5.41, 5.74) is 8.18. The van der Waals surface area contributed by atoms with E-state index < -0.39 is 0 Å². The normalized spacial score (nSPS) is 17.1. The van der Waals surface area contributed by atoms with Crippen LogP contribution < -0.4 is 20.5 Å². The highest BCUT2D eigenvalue weighted by Crippen LogP contribution is 2.37. The molecule has 0 amide bonds. The Morgan fingerprint density at radius 2 is 1.89 bits per heavy atom. The summed E-state index contributed by atoms with van der Waals surface area (Å²) < 4.78 is 11.3. The Morgan fingerprint density at radius 1 is 1.26 bits per heavy atom. The molecule has 1 heterocycles. The van der Waals surface area contributed by atoms with E-state index in [0.717, 1.165) is 17.9 Å². The van der Waals surface area contributed by atoms with E-state index in [0.29, 0.717) is 31.7 Å². The molecular weight excluding hydrogens is 240 g/mol. The Bertz CT molecular complexity index is 434. The van der Waals surface area contributed by atoms with Crippen LogP contribution in [0, 0.1) is 12.8 Å². The molecule has 1 aromatic carbocycles. The van der Waals surface area contributed by atoms with Gasteiger partial charge in [-0.25, -0.2) is 0 Å². The van der Waals surface area contributed by atoms with E-state index in [1.165, 1.54) is 11.1 Å². The minimum absolute atomic E-state index is 0.291. The molecular formula is C15H24N2O2. The first kappa shape index (κ1) is 14.2. The minimum atomic E-state index is 0.291. The van der Waals surface area contributed by atoms with Crippen molar-refractivity contribution in [3.05, 3.63) is 23.3 Å². The third-order valence-electron chi connectivity index (χ3n) is 3.77. The number of fused-ring (bicyclic) bond motifs is 1. The maximum atomic E-state index is 5.68. The van der Waals surface area contributed by atoms with Crippen LogP contribution in [0.2, 0.25) is 0 Å². The highest BCUT2D eigenvalue weighted by atomic mass is 16.6. The molecule has 4 nitrogen and oxygen atoms in total. The molecule has 0 saturated heterocycles. The van der Waals surface area contributed by atoms with Crippen molar-refractivity contribution in [3.8, 4) is 11.5 Å². The average Bonchev–Trinajstić information content (AvgIpc) is 2.40. The van der Waals surface area contributed by atoms with E-state index in [-0.39, 0.29) is 0 Å². The van der Waals surface area contributed by atoms with Gasteiger partial charge in [0.05, 0.1) is 0 Å². The fourth-order valence-electron chi connectivity index (χ4n) is 2.72. The van der Waals surface area contributed by atoms with E-state index in [1.54, 1.807) is 0 Å². The molecule has 0 fully saturated rings. The zero-order valence-corrected chi connectivity index (χ0v) is 12.0. The van der Waals surface area contributed by atoms with Gasteiger partial charge in [-0.15, -0.1) is 0 Å². The fraction of sp³-hybridized carbons (Fsp3) is 0.600. The Labute approximate surface area is 115 Å². The lowest BCUT2D eigenvalue weighted by atomic mass is 9.89.